The van der Waals surface area contributed by atoms with Gasteiger partial charge in [-0.3, -0.25) is 9.59 Å². The fourth-order valence-corrected chi connectivity index (χ4v) is 4.69. The maximum atomic E-state index is 12.8. The molecule has 4 aromatic rings. The zero-order valence-corrected chi connectivity index (χ0v) is 22.7. The standard InChI is InChI=1S/C30H34N6O4/c1-20(2)26(19-37)34-28(38)15-21-4-3-5-22(14-21)24-16-25(29-31-8-9-36(29)18-24)33-27-7-6-23(17-32-27)30(39)35-10-12-40-13-11-35/h3-9,14,16-18,20,26,37H,10-13,15,19H2,1-2H3,(H,32,33)(H,34,38)/t26-/m1/s1. The molecule has 1 aliphatic heterocycles. The van der Waals surface area contributed by atoms with E-state index in [1.54, 1.807) is 29.4 Å². The molecule has 208 valence electrons. The normalized spacial score (nSPS) is 14.3. The van der Waals surface area contributed by atoms with Crippen molar-refractivity contribution in [3.05, 3.63) is 78.4 Å². The average Bonchev–Trinajstić information content (AvgIpc) is 3.46. The first-order chi connectivity index (χ1) is 19.4. The van der Waals surface area contributed by atoms with Crippen LogP contribution in [-0.4, -0.2) is 75.1 Å². The minimum atomic E-state index is -0.270. The Morgan fingerprint density at radius 2 is 1.90 bits per heavy atom. The Labute approximate surface area is 233 Å². The number of nitrogens with zero attached hydrogens (tertiary/aromatic N) is 4. The lowest BCUT2D eigenvalue weighted by atomic mass is 10.0. The number of aromatic nitrogens is 3. The van der Waals surface area contributed by atoms with Crippen molar-refractivity contribution in [2.45, 2.75) is 26.3 Å². The molecule has 0 radical (unpaired) electrons. The summed E-state index contributed by atoms with van der Waals surface area (Å²) in [5.41, 5.74) is 4.78. The number of aliphatic hydroxyl groups excluding tert-OH is 1. The van der Waals surface area contributed by atoms with Gasteiger partial charge in [-0.1, -0.05) is 38.1 Å². The molecule has 1 saturated heterocycles. The smallest absolute Gasteiger partial charge is 0.255 e. The third kappa shape index (κ3) is 6.30. The van der Waals surface area contributed by atoms with Crippen molar-refractivity contribution in [3.8, 4) is 11.1 Å². The van der Waals surface area contributed by atoms with Gasteiger partial charge in [-0.25, -0.2) is 9.97 Å². The van der Waals surface area contributed by atoms with Crippen LogP contribution in [0, 0.1) is 5.92 Å². The summed E-state index contributed by atoms with van der Waals surface area (Å²) in [5, 5.41) is 15.8. The predicted octanol–water partition coefficient (Wildman–Crippen LogP) is 3.29. The molecule has 10 nitrogen and oxygen atoms in total. The number of benzene rings is 1. The lowest BCUT2D eigenvalue weighted by Gasteiger charge is -2.26. The average molecular weight is 543 g/mol. The quantitative estimate of drug-likeness (QED) is 0.297. The lowest BCUT2D eigenvalue weighted by Crippen LogP contribution is -2.41. The number of imidazole rings is 1. The number of morpholine rings is 1. The Balaban J connectivity index is 1.34. The van der Waals surface area contributed by atoms with Crippen molar-refractivity contribution in [2.24, 2.45) is 5.92 Å². The van der Waals surface area contributed by atoms with Gasteiger partial charge < -0.3 is 29.8 Å². The summed E-state index contributed by atoms with van der Waals surface area (Å²) in [6.07, 6.45) is 7.40. The molecule has 0 spiro atoms. The second-order valence-electron chi connectivity index (χ2n) is 10.2. The second kappa shape index (κ2) is 12.3. The summed E-state index contributed by atoms with van der Waals surface area (Å²) in [5.74, 6) is 0.558. The Morgan fingerprint density at radius 3 is 2.62 bits per heavy atom. The maximum absolute atomic E-state index is 12.8. The van der Waals surface area contributed by atoms with Crippen molar-refractivity contribution in [3.63, 3.8) is 0 Å². The molecule has 3 N–H and O–H groups in total. The van der Waals surface area contributed by atoms with E-state index in [0.717, 1.165) is 28.0 Å². The zero-order valence-electron chi connectivity index (χ0n) is 22.7. The number of rotatable bonds is 9. The van der Waals surface area contributed by atoms with Gasteiger partial charge in [0, 0.05) is 43.4 Å². The minimum Gasteiger partial charge on any atom is -0.394 e. The molecule has 40 heavy (non-hydrogen) atoms. The van der Waals surface area contributed by atoms with Crippen molar-refractivity contribution in [2.75, 3.05) is 38.2 Å². The van der Waals surface area contributed by atoms with Gasteiger partial charge in [-0.05, 0) is 35.2 Å². The fourth-order valence-electron chi connectivity index (χ4n) is 4.69. The number of pyridine rings is 2. The number of hydrogen-bond acceptors (Lipinski definition) is 7. The van der Waals surface area contributed by atoms with Gasteiger partial charge in [0.05, 0.1) is 43.5 Å². The number of ether oxygens (including phenoxy) is 1. The molecule has 0 aliphatic carbocycles. The molecule has 1 fully saturated rings. The molecule has 1 aromatic carbocycles. The van der Waals surface area contributed by atoms with E-state index < -0.39 is 0 Å². The van der Waals surface area contributed by atoms with E-state index in [9.17, 15) is 14.7 Å². The first-order valence-electron chi connectivity index (χ1n) is 13.5. The predicted molar refractivity (Wildman–Crippen MR) is 152 cm³/mol. The molecule has 4 heterocycles. The van der Waals surface area contributed by atoms with Crippen molar-refractivity contribution in [1.82, 2.24) is 24.6 Å². The van der Waals surface area contributed by atoms with Gasteiger partial charge in [0.15, 0.2) is 5.65 Å². The minimum absolute atomic E-state index is 0.0513. The van der Waals surface area contributed by atoms with Crippen LogP contribution >= 0.6 is 0 Å². The van der Waals surface area contributed by atoms with Gasteiger partial charge in [-0.2, -0.15) is 0 Å². The highest BCUT2D eigenvalue weighted by Crippen LogP contribution is 2.28. The van der Waals surface area contributed by atoms with E-state index in [4.69, 9.17) is 4.74 Å². The Kier molecular flexibility index (Phi) is 8.37. The number of carbonyl (C=O) groups is 2. The van der Waals surface area contributed by atoms with Crippen LogP contribution in [0.5, 0.6) is 0 Å². The van der Waals surface area contributed by atoms with E-state index in [1.807, 2.05) is 61.0 Å². The van der Waals surface area contributed by atoms with Gasteiger partial charge >= 0.3 is 0 Å². The summed E-state index contributed by atoms with van der Waals surface area (Å²) in [4.78, 5) is 36.1. The largest absolute Gasteiger partial charge is 0.394 e. The van der Waals surface area contributed by atoms with Crippen LogP contribution in [0.15, 0.2) is 67.3 Å². The summed E-state index contributed by atoms with van der Waals surface area (Å²) >= 11 is 0. The Morgan fingerprint density at radius 1 is 1.07 bits per heavy atom. The summed E-state index contributed by atoms with van der Waals surface area (Å²) in [6, 6.07) is 13.1. The van der Waals surface area contributed by atoms with E-state index in [-0.39, 0.29) is 36.8 Å². The third-order valence-corrected chi connectivity index (χ3v) is 7.03. The SMILES string of the molecule is CC(C)[C@@H](CO)NC(=O)Cc1cccc(-c2cc(Nc3ccc(C(=O)N4CCOCC4)cn3)c3nccn3c2)c1. The molecule has 0 unspecified atom stereocenters. The highest BCUT2D eigenvalue weighted by Gasteiger charge is 2.19. The topological polar surface area (TPSA) is 121 Å². The monoisotopic (exact) mass is 542 g/mol. The molecule has 5 rings (SSSR count). The molecule has 3 aromatic heterocycles. The van der Waals surface area contributed by atoms with Gasteiger partial charge in [0.25, 0.3) is 5.91 Å². The molecular formula is C30H34N6O4. The lowest BCUT2D eigenvalue weighted by molar-refractivity contribution is -0.121. The molecule has 1 atom stereocenters. The molecule has 10 heteroatoms. The van der Waals surface area contributed by atoms with Crippen molar-refractivity contribution in [1.29, 1.82) is 0 Å². The molecule has 0 saturated carbocycles. The first kappa shape index (κ1) is 27.3. The van der Waals surface area contributed by atoms with Crippen LogP contribution in [0.2, 0.25) is 0 Å². The molecule has 2 amide bonds. The molecule has 0 bridgehead atoms. The molecular weight excluding hydrogens is 508 g/mol. The summed E-state index contributed by atoms with van der Waals surface area (Å²) in [6.45, 7) is 6.10. The van der Waals surface area contributed by atoms with E-state index in [0.29, 0.717) is 37.7 Å². The molecule has 1 aliphatic rings. The van der Waals surface area contributed by atoms with Crippen LogP contribution < -0.4 is 10.6 Å². The third-order valence-electron chi connectivity index (χ3n) is 7.03. The number of carbonyl (C=O) groups excluding carboxylic acids is 2. The number of amides is 2. The van der Waals surface area contributed by atoms with Gasteiger partial charge in [-0.15, -0.1) is 0 Å². The van der Waals surface area contributed by atoms with Crippen LogP contribution in [0.4, 0.5) is 11.5 Å². The van der Waals surface area contributed by atoms with E-state index >= 15 is 0 Å². The summed E-state index contributed by atoms with van der Waals surface area (Å²) in [7, 11) is 0. The number of anilines is 2. The van der Waals surface area contributed by atoms with Crippen LogP contribution in [-0.2, 0) is 16.0 Å². The first-order valence-corrected chi connectivity index (χ1v) is 13.5. The van der Waals surface area contributed by atoms with Crippen molar-refractivity contribution >= 4 is 29.0 Å². The number of fused-ring (bicyclic) bond motifs is 1. The van der Waals surface area contributed by atoms with E-state index in [1.165, 1.54) is 0 Å². The zero-order chi connectivity index (χ0) is 28.1. The Hall–Kier alpha value is -4.28. The highest BCUT2D eigenvalue weighted by atomic mass is 16.5. The summed E-state index contributed by atoms with van der Waals surface area (Å²) < 4.78 is 7.27. The van der Waals surface area contributed by atoms with E-state index in [2.05, 4.69) is 20.6 Å². The van der Waals surface area contributed by atoms with Gasteiger partial charge in [0.2, 0.25) is 5.91 Å². The van der Waals surface area contributed by atoms with Crippen LogP contribution in [0.3, 0.4) is 0 Å². The fraction of sp³-hybridized carbons (Fsp3) is 0.333. The Bertz CT molecular complexity index is 1480. The number of aliphatic hydroxyl groups is 1. The van der Waals surface area contributed by atoms with Crippen LogP contribution in [0.25, 0.3) is 16.8 Å². The van der Waals surface area contributed by atoms with Gasteiger partial charge in [0.1, 0.15) is 5.82 Å². The number of hydrogen-bond donors (Lipinski definition) is 3. The second-order valence-corrected chi connectivity index (χ2v) is 10.2. The number of nitrogens with one attached hydrogen (secondary N) is 2. The van der Waals surface area contributed by atoms with Crippen LogP contribution in [0.1, 0.15) is 29.8 Å². The highest BCUT2D eigenvalue weighted by molar-refractivity contribution is 5.94. The maximum Gasteiger partial charge on any atom is 0.255 e. The van der Waals surface area contributed by atoms with Crippen molar-refractivity contribution < 1.29 is 19.4 Å².